The number of hydrogen-bond donors (Lipinski definition) is 2. The van der Waals surface area contributed by atoms with Gasteiger partial charge >= 0.3 is 6.09 Å². The predicted molar refractivity (Wildman–Crippen MR) is 106 cm³/mol. The fraction of sp³-hybridized carbons (Fsp3) is 0.435. The van der Waals surface area contributed by atoms with Gasteiger partial charge in [-0.15, -0.1) is 0 Å². The molecular weight excluding hydrogens is 338 g/mol. The van der Waals surface area contributed by atoms with E-state index in [0.29, 0.717) is 12.3 Å². The Morgan fingerprint density at radius 1 is 1.15 bits per heavy atom. The van der Waals surface area contributed by atoms with Gasteiger partial charge in [0.1, 0.15) is 23.9 Å². The van der Waals surface area contributed by atoms with Crippen LogP contribution in [-0.2, 0) is 24.1 Å². The number of nitrogens with one attached hydrogen (secondary N) is 1. The number of phenolic OH excluding ortho intramolecular Hbond substituents is 1. The van der Waals surface area contributed by atoms with E-state index in [-0.39, 0.29) is 12.1 Å². The molecule has 2 aromatic rings. The summed E-state index contributed by atoms with van der Waals surface area (Å²) in [4.78, 5) is 13.9. The molecule has 4 heteroatoms. The predicted octanol–water partition coefficient (Wildman–Crippen LogP) is 3.66. The lowest BCUT2D eigenvalue weighted by Gasteiger charge is -2.28. The number of carbonyl (C=O) groups excluding carboxylic acids is 1. The SMILES string of the molecule is CC(C)(C)OC(=O)[NH+](Cc1ccccc1)C1CCCc2cc(O)ccc2C1. The molecule has 0 heterocycles. The van der Waals surface area contributed by atoms with Gasteiger partial charge in [-0.2, -0.15) is 4.79 Å². The van der Waals surface area contributed by atoms with Crippen molar-refractivity contribution in [3.63, 3.8) is 0 Å². The molecule has 0 radical (unpaired) electrons. The van der Waals surface area contributed by atoms with Crippen molar-refractivity contribution >= 4 is 6.09 Å². The maximum Gasteiger partial charge on any atom is 0.515 e. The van der Waals surface area contributed by atoms with Crippen molar-refractivity contribution in [1.82, 2.24) is 0 Å². The highest BCUT2D eigenvalue weighted by Gasteiger charge is 2.35. The van der Waals surface area contributed by atoms with Crippen LogP contribution in [-0.4, -0.2) is 22.8 Å². The van der Waals surface area contributed by atoms with Crippen LogP contribution in [0.25, 0.3) is 0 Å². The van der Waals surface area contributed by atoms with E-state index in [9.17, 15) is 9.90 Å². The summed E-state index contributed by atoms with van der Waals surface area (Å²) in [5, 5.41) is 9.79. The first kappa shape index (κ1) is 19.4. The first-order valence-electron chi connectivity index (χ1n) is 9.75. The van der Waals surface area contributed by atoms with Crippen LogP contribution >= 0.6 is 0 Å². The molecule has 0 aliphatic heterocycles. The Balaban J connectivity index is 1.86. The maximum atomic E-state index is 13.0. The van der Waals surface area contributed by atoms with Gasteiger partial charge in [-0.3, -0.25) is 0 Å². The molecule has 2 N–H and O–H groups in total. The third kappa shape index (κ3) is 5.33. The number of alkyl carbamates (subject to hydrolysis) is 2. The third-order valence-electron chi connectivity index (χ3n) is 5.05. The standard InChI is InChI=1S/C23H29NO3/c1-23(2,3)27-22(26)24(16-17-8-5-4-6-9-17)20-11-7-10-18-15-21(25)13-12-19(18)14-20/h4-6,8-9,12-13,15,20,25H,7,10-11,14,16H2,1-3H3/p+1. The second-order valence-electron chi connectivity index (χ2n) is 8.44. The van der Waals surface area contributed by atoms with E-state index in [2.05, 4.69) is 12.1 Å². The van der Waals surface area contributed by atoms with Gasteiger partial charge in [-0.1, -0.05) is 36.4 Å². The molecule has 3 rings (SSSR count). The van der Waals surface area contributed by atoms with Gasteiger partial charge in [-0.25, -0.2) is 4.90 Å². The van der Waals surface area contributed by atoms with Gasteiger partial charge in [-0.05, 0) is 56.9 Å². The monoisotopic (exact) mass is 368 g/mol. The van der Waals surface area contributed by atoms with E-state index < -0.39 is 5.60 Å². The average Bonchev–Trinajstić information content (AvgIpc) is 2.80. The van der Waals surface area contributed by atoms with E-state index in [1.165, 1.54) is 11.1 Å². The topological polar surface area (TPSA) is 51.0 Å². The van der Waals surface area contributed by atoms with Gasteiger partial charge < -0.3 is 9.84 Å². The van der Waals surface area contributed by atoms with Gasteiger partial charge in [0, 0.05) is 18.4 Å². The van der Waals surface area contributed by atoms with Crippen LogP contribution in [0.2, 0.25) is 0 Å². The second kappa shape index (κ2) is 8.13. The van der Waals surface area contributed by atoms with Gasteiger partial charge in [0.25, 0.3) is 0 Å². The van der Waals surface area contributed by atoms with Gasteiger partial charge in [0.05, 0.1) is 0 Å². The van der Waals surface area contributed by atoms with E-state index in [1.54, 1.807) is 6.07 Å². The molecule has 1 amide bonds. The van der Waals surface area contributed by atoms with Crippen molar-refractivity contribution in [3.05, 3.63) is 65.2 Å². The minimum absolute atomic E-state index is 0.158. The zero-order valence-corrected chi connectivity index (χ0v) is 16.5. The van der Waals surface area contributed by atoms with Crippen LogP contribution in [0, 0.1) is 0 Å². The summed E-state index contributed by atoms with van der Waals surface area (Å²) >= 11 is 0. The number of ether oxygens (including phenoxy) is 1. The molecule has 27 heavy (non-hydrogen) atoms. The molecule has 1 aliphatic rings. The van der Waals surface area contributed by atoms with E-state index in [4.69, 9.17) is 4.74 Å². The third-order valence-corrected chi connectivity index (χ3v) is 5.05. The van der Waals surface area contributed by atoms with Crippen molar-refractivity contribution in [2.75, 3.05) is 0 Å². The number of carbonyl (C=O) groups is 1. The molecular formula is C23H30NO3+. The van der Waals surface area contributed by atoms with Crippen LogP contribution in [0.4, 0.5) is 4.79 Å². The van der Waals surface area contributed by atoms with Crippen LogP contribution in [0.3, 0.4) is 0 Å². The Labute approximate surface area is 161 Å². The minimum Gasteiger partial charge on any atom is -0.508 e. The Hall–Kier alpha value is -2.33. The van der Waals surface area contributed by atoms with E-state index >= 15 is 0 Å². The molecule has 0 fully saturated rings. The average molecular weight is 368 g/mol. The fourth-order valence-electron chi connectivity index (χ4n) is 3.79. The number of rotatable bonds is 3. The maximum absolute atomic E-state index is 13.0. The number of aryl methyl sites for hydroxylation is 1. The number of benzene rings is 2. The molecule has 0 aromatic heterocycles. The summed E-state index contributed by atoms with van der Waals surface area (Å²) in [5.41, 5.74) is 3.05. The highest BCUT2D eigenvalue weighted by molar-refractivity contribution is 5.58. The zero-order valence-electron chi connectivity index (χ0n) is 16.5. The first-order chi connectivity index (χ1) is 12.8. The molecule has 0 spiro atoms. The zero-order chi connectivity index (χ0) is 19.4. The molecule has 0 bridgehead atoms. The normalized spacial score (nSPS) is 18.3. The number of fused-ring (bicyclic) bond motifs is 1. The van der Waals surface area contributed by atoms with Crippen LogP contribution in [0.1, 0.15) is 50.3 Å². The Bertz CT molecular complexity index is 780. The Kier molecular flexibility index (Phi) is 5.85. The summed E-state index contributed by atoms with van der Waals surface area (Å²) < 4.78 is 5.76. The smallest absolute Gasteiger partial charge is 0.508 e. The Morgan fingerprint density at radius 3 is 2.59 bits per heavy atom. The lowest BCUT2D eigenvalue weighted by atomic mass is 10.0. The lowest BCUT2D eigenvalue weighted by molar-refractivity contribution is -0.866. The number of amides is 1. The summed E-state index contributed by atoms with van der Waals surface area (Å²) in [6.07, 6.45) is 3.53. The number of quaternary nitrogens is 1. The summed E-state index contributed by atoms with van der Waals surface area (Å²) in [6, 6.07) is 15.9. The van der Waals surface area contributed by atoms with Crippen molar-refractivity contribution in [1.29, 1.82) is 0 Å². The van der Waals surface area contributed by atoms with Crippen LogP contribution in [0.15, 0.2) is 48.5 Å². The molecule has 144 valence electrons. The Morgan fingerprint density at radius 2 is 1.89 bits per heavy atom. The summed E-state index contributed by atoms with van der Waals surface area (Å²) in [6.45, 7) is 6.36. The fourth-order valence-corrected chi connectivity index (χ4v) is 3.79. The first-order valence-corrected chi connectivity index (χ1v) is 9.75. The molecule has 0 saturated carbocycles. The molecule has 1 aliphatic carbocycles. The van der Waals surface area contributed by atoms with Crippen LogP contribution < -0.4 is 4.90 Å². The molecule has 2 atom stereocenters. The summed E-state index contributed by atoms with van der Waals surface area (Å²) in [7, 11) is 0. The second-order valence-corrected chi connectivity index (χ2v) is 8.44. The van der Waals surface area contributed by atoms with Gasteiger partial charge in [0.2, 0.25) is 0 Å². The lowest BCUT2D eigenvalue weighted by Crippen LogP contribution is -3.17. The molecule has 0 saturated heterocycles. The van der Waals surface area contributed by atoms with Gasteiger partial charge in [0.15, 0.2) is 0 Å². The highest BCUT2D eigenvalue weighted by atomic mass is 16.6. The highest BCUT2D eigenvalue weighted by Crippen LogP contribution is 2.24. The molecule has 2 aromatic carbocycles. The van der Waals surface area contributed by atoms with Crippen molar-refractivity contribution < 1.29 is 19.5 Å². The molecule has 2 unspecified atom stereocenters. The quantitative estimate of drug-likeness (QED) is 0.813. The number of aromatic hydroxyl groups is 1. The molecule has 4 nitrogen and oxygen atoms in total. The van der Waals surface area contributed by atoms with Crippen molar-refractivity contribution in [3.8, 4) is 5.75 Å². The van der Waals surface area contributed by atoms with Crippen molar-refractivity contribution in [2.45, 2.75) is 64.6 Å². The minimum atomic E-state index is -0.507. The largest absolute Gasteiger partial charge is 0.515 e. The van der Waals surface area contributed by atoms with E-state index in [1.807, 2.05) is 51.1 Å². The number of hydrogen-bond acceptors (Lipinski definition) is 3. The summed E-state index contributed by atoms with van der Waals surface area (Å²) in [5.74, 6) is 0.313. The van der Waals surface area contributed by atoms with E-state index in [0.717, 1.165) is 36.1 Å². The number of phenols is 1. The van der Waals surface area contributed by atoms with Crippen molar-refractivity contribution in [2.24, 2.45) is 0 Å². The van der Waals surface area contributed by atoms with Crippen LogP contribution in [0.5, 0.6) is 5.75 Å².